The molecule has 4 heteroatoms. The molecule has 2 fully saturated rings. The van der Waals surface area contributed by atoms with Gasteiger partial charge in [0.25, 0.3) is 0 Å². The van der Waals surface area contributed by atoms with Crippen LogP contribution in [0.1, 0.15) is 58.8 Å². The Balaban J connectivity index is 2.04. The van der Waals surface area contributed by atoms with Gasteiger partial charge in [-0.15, -0.1) is 0 Å². The van der Waals surface area contributed by atoms with Crippen molar-refractivity contribution in [2.24, 2.45) is 17.3 Å². The van der Waals surface area contributed by atoms with Crippen LogP contribution in [0.25, 0.3) is 0 Å². The third-order valence-corrected chi connectivity index (χ3v) is 5.45. The van der Waals surface area contributed by atoms with Crippen LogP contribution in [0, 0.1) is 17.3 Å². The van der Waals surface area contributed by atoms with E-state index in [9.17, 15) is 14.7 Å². The van der Waals surface area contributed by atoms with Crippen LogP contribution in [0.15, 0.2) is 0 Å². The molecule has 2 aliphatic rings. The van der Waals surface area contributed by atoms with E-state index in [1.54, 1.807) is 0 Å². The Bertz CT molecular complexity index is 374. The molecule has 1 saturated heterocycles. The molecule has 0 aromatic rings. The average Bonchev–Trinajstić information content (AvgIpc) is 2.46. The van der Waals surface area contributed by atoms with Crippen molar-refractivity contribution in [3.05, 3.63) is 0 Å². The van der Waals surface area contributed by atoms with Gasteiger partial charge in [0.15, 0.2) is 0 Å². The van der Waals surface area contributed by atoms with Gasteiger partial charge in [-0.2, -0.15) is 0 Å². The van der Waals surface area contributed by atoms with Crippen LogP contribution in [0.3, 0.4) is 0 Å². The van der Waals surface area contributed by atoms with Gasteiger partial charge < -0.3 is 10.0 Å². The van der Waals surface area contributed by atoms with Crippen LogP contribution in [0.4, 0.5) is 0 Å². The number of aliphatic carboxylic acids is 1. The standard InChI is InChI=1S/C16H27NO3/c1-3-16(8-5-4-6-9-16)15(20)17-10-7-13(14(18)19)12(2)11-17/h12-13H,3-11H2,1-2H3,(H,18,19). The van der Waals surface area contributed by atoms with E-state index in [0.29, 0.717) is 19.5 Å². The third-order valence-electron chi connectivity index (χ3n) is 5.45. The maximum absolute atomic E-state index is 12.9. The minimum Gasteiger partial charge on any atom is -0.481 e. The first kappa shape index (κ1) is 15.3. The molecule has 2 unspecified atom stereocenters. The van der Waals surface area contributed by atoms with Crippen molar-refractivity contribution in [3.8, 4) is 0 Å². The third kappa shape index (κ3) is 2.84. The van der Waals surface area contributed by atoms with Crippen molar-refractivity contribution >= 4 is 11.9 Å². The lowest BCUT2D eigenvalue weighted by atomic mass is 9.70. The van der Waals surface area contributed by atoms with Crippen LogP contribution in [-0.2, 0) is 9.59 Å². The quantitative estimate of drug-likeness (QED) is 0.865. The Morgan fingerprint density at radius 3 is 2.40 bits per heavy atom. The van der Waals surface area contributed by atoms with Gasteiger partial charge in [-0.25, -0.2) is 0 Å². The van der Waals surface area contributed by atoms with E-state index in [-0.39, 0.29) is 23.2 Å². The lowest BCUT2D eigenvalue weighted by molar-refractivity contribution is -0.153. The average molecular weight is 281 g/mol. The van der Waals surface area contributed by atoms with Gasteiger partial charge in [0, 0.05) is 18.5 Å². The fourth-order valence-electron chi connectivity index (χ4n) is 3.98. The number of carboxylic acids is 1. The predicted molar refractivity (Wildman–Crippen MR) is 77.3 cm³/mol. The minimum atomic E-state index is -0.715. The molecule has 0 bridgehead atoms. The monoisotopic (exact) mass is 281 g/mol. The number of likely N-dealkylation sites (tertiary alicyclic amines) is 1. The maximum Gasteiger partial charge on any atom is 0.306 e. The summed E-state index contributed by atoms with van der Waals surface area (Å²) in [5.74, 6) is -0.659. The van der Waals surface area contributed by atoms with E-state index in [2.05, 4.69) is 6.92 Å². The summed E-state index contributed by atoms with van der Waals surface area (Å²) in [6.07, 6.45) is 7.08. The van der Waals surface area contributed by atoms with Gasteiger partial charge in [0.05, 0.1) is 5.92 Å². The molecular formula is C16H27NO3. The topological polar surface area (TPSA) is 57.6 Å². The Morgan fingerprint density at radius 2 is 1.90 bits per heavy atom. The molecule has 114 valence electrons. The van der Waals surface area contributed by atoms with Crippen LogP contribution in [0.5, 0.6) is 0 Å². The zero-order chi connectivity index (χ0) is 14.8. The lowest BCUT2D eigenvalue weighted by Gasteiger charge is -2.43. The molecule has 1 amide bonds. The summed E-state index contributed by atoms with van der Waals surface area (Å²) in [7, 11) is 0. The van der Waals surface area contributed by atoms with E-state index < -0.39 is 5.97 Å². The fraction of sp³-hybridized carbons (Fsp3) is 0.875. The number of carbonyl (C=O) groups excluding carboxylic acids is 1. The molecule has 1 aliphatic heterocycles. The summed E-state index contributed by atoms with van der Waals surface area (Å²) >= 11 is 0. The van der Waals surface area contributed by atoms with Crippen molar-refractivity contribution in [1.82, 2.24) is 4.90 Å². The molecular weight excluding hydrogens is 254 g/mol. The predicted octanol–water partition coefficient (Wildman–Crippen LogP) is 2.92. The molecule has 1 saturated carbocycles. The van der Waals surface area contributed by atoms with Gasteiger partial charge in [-0.05, 0) is 31.6 Å². The van der Waals surface area contributed by atoms with Crippen molar-refractivity contribution in [1.29, 1.82) is 0 Å². The Labute approximate surface area is 121 Å². The molecule has 2 atom stereocenters. The maximum atomic E-state index is 12.9. The number of piperidine rings is 1. The number of hydrogen-bond donors (Lipinski definition) is 1. The van der Waals surface area contributed by atoms with Crippen molar-refractivity contribution < 1.29 is 14.7 Å². The van der Waals surface area contributed by atoms with Crippen LogP contribution >= 0.6 is 0 Å². The summed E-state index contributed by atoms with van der Waals surface area (Å²) in [4.78, 5) is 26.0. The largest absolute Gasteiger partial charge is 0.481 e. The van der Waals surface area contributed by atoms with E-state index in [0.717, 1.165) is 32.1 Å². The van der Waals surface area contributed by atoms with Crippen molar-refractivity contribution in [2.75, 3.05) is 13.1 Å². The Hall–Kier alpha value is -1.06. The highest BCUT2D eigenvalue weighted by atomic mass is 16.4. The highest BCUT2D eigenvalue weighted by Gasteiger charge is 2.43. The first-order valence-electron chi connectivity index (χ1n) is 8.02. The molecule has 2 rings (SSSR count). The SMILES string of the molecule is CCC1(C(=O)N2CCC(C(=O)O)C(C)C2)CCCCC1. The minimum absolute atomic E-state index is 0.0581. The van der Waals surface area contributed by atoms with Crippen LogP contribution in [0.2, 0.25) is 0 Å². The molecule has 4 nitrogen and oxygen atoms in total. The molecule has 20 heavy (non-hydrogen) atoms. The second-order valence-corrected chi connectivity index (χ2v) is 6.66. The number of rotatable bonds is 3. The summed E-state index contributed by atoms with van der Waals surface area (Å²) in [5.41, 5.74) is -0.159. The molecule has 0 aromatic heterocycles. The lowest BCUT2D eigenvalue weighted by Crippen LogP contribution is -2.51. The highest BCUT2D eigenvalue weighted by Crippen LogP contribution is 2.41. The zero-order valence-corrected chi connectivity index (χ0v) is 12.7. The van der Waals surface area contributed by atoms with Gasteiger partial charge in [-0.1, -0.05) is 33.1 Å². The second kappa shape index (κ2) is 6.15. The number of amides is 1. The normalized spacial score (nSPS) is 30.0. The van der Waals surface area contributed by atoms with Crippen molar-refractivity contribution in [2.45, 2.75) is 58.8 Å². The van der Waals surface area contributed by atoms with Gasteiger partial charge in [0.2, 0.25) is 5.91 Å². The summed E-state index contributed by atoms with van der Waals surface area (Å²) < 4.78 is 0. The summed E-state index contributed by atoms with van der Waals surface area (Å²) in [6, 6.07) is 0. The van der Waals surface area contributed by atoms with E-state index >= 15 is 0 Å². The highest BCUT2D eigenvalue weighted by molar-refractivity contribution is 5.83. The zero-order valence-electron chi connectivity index (χ0n) is 12.7. The Kier molecular flexibility index (Phi) is 4.71. The molecule has 0 spiro atoms. The van der Waals surface area contributed by atoms with E-state index in [1.165, 1.54) is 6.42 Å². The smallest absolute Gasteiger partial charge is 0.306 e. The molecule has 1 aliphatic carbocycles. The summed E-state index contributed by atoms with van der Waals surface area (Å²) in [5, 5.41) is 9.18. The van der Waals surface area contributed by atoms with E-state index in [1.807, 2.05) is 11.8 Å². The second-order valence-electron chi connectivity index (χ2n) is 6.66. The van der Waals surface area contributed by atoms with Crippen LogP contribution in [-0.4, -0.2) is 35.0 Å². The van der Waals surface area contributed by atoms with Gasteiger partial charge in [0.1, 0.15) is 0 Å². The van der Waals surface area contributed by atoms with Crippen molar-refractivity contribution in [3.63, 3.8) is 0 Å². The summed E-state index contributed by atoms with van der Waals surface area (Å²) in [6.45, 7) is 5.30. The molecule has 0 aromatic carbocycles. The number of carbonyl (C=O) groups is 2. The molecule has 1 heterocycles. The van der Waals surface area contributed by atoms with E-state index in [4.69, 9.17) is 0 Å². The molecule has 1 N–H and O–H groups in total. The fourth-order valence-corrected chi connectivity index (χ4v) is 3.98. The number of hydrogen-bond acceptors (Lipinski definition) is 2. The number of nitrogens with zero attached hydrogens (tertiary/aromatic N) is 1. The molecule has 0 radical (unpaired) electrons. The number of carboxylic acid groups (broad SMARTS) is 1. The van der Waals surface area contributed by atoms with Crippen LogP contribution < -0.4 is 0 Å². The first-order valence-corrected chi connectivity index (χ1v) is 8.02. The first-order chi connectivity index (χ1) is 9.50. The van der Waals surface area contributed by atoms with Gasteiger partial charge >= 0.3 is 5.97 Å². The van der Waals surface area contributed by atoms with Gasteiger partial charge in [-0.3, -0.25) is 9.59 Å². The Morgan fingerprint density at radius 1 is 1.25 bits per heavy atom.